The minimum absolute atomic E-state index is 0.262. The molecule has 0 aromatic heterocycles. The molecule has 0 spiro atoms. The summed E-state index contributed by atoms with van der Waals surface area (Å²) in [5.74, 6) is 0. The number of hydrogen-bond donors (Lipinski definition) is 1. The normalized spacial score (nSPS) is 12.4. The Balaban J connectivity index is 2.51. The molecule has 2 aromatic rings. The van der Waals surface area contributed by atoms with Crippen molar-refractivity contribution in [2.45, 2.75) is 40.2 Å². The lowest BCUT2D eigenvalue weighted by Gasteiger charge is -2.24. The maximum Gasteiger partial charge on any atom is 0.0582 e. The Morgan fingerprint density at radius 3 is 2.33 bits per heavy atom. The summed E-state index contributed by atoms with van der Waals surface area (Å²) in [6.45, 7) is 9.77. The van der Waals surface area contributed by atoms with Crippen LogP contribution in [0.3, 0.4) is 0 Å². The average molecular weight is 346 g/mol. The fraction of sp³-hybridized carbons (Fsp3) is 0.368. The second kappa shape index (κ2) is 7.24. The van der Waals surface area contributed by atoms with Crippen LogP contribution in [0.5, 0.6) is 0 Å². The van der Waals surface area contributed by atoms with Crippen molar-refractivity contribution >= 4 is 15.9 Å². The molecule has 0 aliphatic rings. The van der Waals surface area contributed by atoms with E-state index in [9.17, 15) is 0 Å². The van der Waals surface area contributed by atoms with Gasteiger partial charge in [-0.25, -0.2) is 0 Å². The van der Waals surface area contributed by atoms with Gasteiger partial charge in [0, 0.05) is 4.47 Å². The van der Waals surface area contributed by atoms with Crippen LogP contribution in [0.1, 0.15) is 47.2 Å². The lowest BCUT2D eigenvalue weighted by molar-refractivity contribution is 0.593. The largest absolute Gasteiger partial charge is 0.306 e. The molecule has 0 amide bonds. The smallest absolute Gasteiger partial charge is 0.0582 e. The Bertz CT molecular complexity index is 619. The predicted molar refractivity (Wildman–Crippen MR) is 94.9 cm³/mol. The minimum atomic E-state index is 0.262. The highest BCUT2D eigenvalue weighted by atomic mass is 79.9. The van der Waals surface area contributed by atoms with Gasteiger partial charge in [0.1, 0.15) is 0 Å². The molecule has 0 bridgehead atoms. The molecule has 0 aliphatic carbocycles. The third-order valence-corrected chi connectivity index (χ3v) is 4.81. The first-order valence-electron chi connectivity index (χ1n) is 7.60. The second-order valence-corrected chi connectivity index (χ2v) is 6.56. The molecule has 2 rings (SSSR count). The van der Waals surface area contributed by atoms with Gasteiger partial charge in [0.15, 0.2) is 0 Å². The molecule has 0 heterocycles. The Morgan fingerprint density at radius 1 is 0.952 bits per heavy atom. The summed E-state index contributed by atoms with van der Waals surface area (Å²) in [4.78, 5) is 0. The van der Waals surface area contributed by atoms with E-state index in [0.717, 1.165) is 13.0 Å². The number of nitrogens with one attached hydrogen (secondary N) is 1. The number of hydrogen-bond acceptors (Lipinski definition) is 1. The summed E-state index contributed by atoms with van der Waals surface area (Å²) >= 11 is 3.63. The molecule has 1 N–H and O–H groups in total. The van der Waals surface area contributed by atoms with Crippen LogP contribution in [0.2, 0.25) is 0 Å². The summed E-state index contributed by atoms with van der Waals surface area (Å²) in [6, 6.07) is 13.5. The zero-order chi connectivity index (χ0) is 15.4. The van der Waals surface area contributed by atoms with Crippen molar-refractivity contribution in [3.05, 3.63) is 68.7 Å². The Labute approximate surface area is 136 Å². The van der Waals surface area contributed by atoms with Crippen LogP contribution in [-0.2, 0) is 0 Å². The van der Waals surface area contributed by atoms with Crippen LogP contribution in [0.25, 0.3) is 0 Å². The van der Waals surface area contributed by atoms with E-state index >= 15 is 0 Å². The SMILES string of the molecule is CCCNC(c1ccccc1C)c1cc(C)c(Br)cc1C. The van der Waals surface area contributed by atoms with Gasteiger partial charge < -0.3 is 5.32 Å². The van der Waals surface area contributed by atoms with Gasteiger partial charge in [-0.2, -0.15) is 0 Å². The first-order chi connectivity index (χ1) is 10.0. The monoisotopic (exact) mass is 345 g/mol. The van der Waals surface area contributed by atoms with Gasteiger partial charge in [-0.1, -0.05) is 53.2 Å². The first kappa shape index (κ1) is 16.3. The molecular weight excluding hydrogens is 322 g/mol. The van der Waals surface area contributed by atoms with Crippen LogP contribution in [-0.4, -0.2) is 6.54 Å². The van der Waals surface area contributed by atoms with E-state index in [-0.39, 0.29) is 6.04 Å². The highest BCUT2D eigenvalue weighted by molar-refractivity contribution is 9.10. The maximum atomic E-state index is 3.72. The Hall–Kier alpha value is -1.12. The van der Waals surface area contributed by atoms with Gasteiger partial charge in [-0.05, 0) is 67.6 Å². The molecule has 0 saturated carbocycles. The molecule has 1 nitrogen and oxygen atoms in total. The fourth-order valence-corrected chi connectivity index (χ4v) is 3.16. The van der Waals surface area contributed by atoms with E-state index in [1.54, 1.807) is 0 Å². The van der Waals surface area contributed by atoms with Crippen LogP contribution in [0.4, 0.5) is 0 Å². The molecule has 1 unspecified atom stereocenters. The molecule has 2 aromatic carbocycles. The standard InChI is InChI=1S/C19H24BrN/c1-5-10-21-19(16-9-7-6-8-13(16)2)17-11-15(4)18(20)12-14(17)3/h6-9,11-12,19,21H,5,10H2,1-4H3. The van der Waals surface area contributed by atoms with Gasteiger partial charge in [-0.3, -0.25) is 0 Å². The van der Waals surface area contributed by atoms with Crippen molar-refractivity contribution in [3.63, 3.8) is 0 Å². The van der Waals surface area contributed by atoms with E-state index in [0.29, 0.717) is 0 Å². The van der Waals surface area contributed by atoms with Crippen LogP contribution in [0, 0.1) is 20.8 Å². The highest BCUT2D eigenvalue weighted by Crippen LogP contribution is 2.30. The molecule has 0 fully saturated rings. The van der Waals surface area contributed by atoms with E-state index in [4.69, 9.17) is 0 Å². The molecule has 0 aliphatic heterocycles. The van der Waals surface area contributed by atoms with E-state index in [2.05, 4.69) is 85.3 Å². The van der Waals surface area contributed by atoms with Crippen molar-refractivity contribution in [2.24, 2.45) is 0 Å². The highest BCUT2D eigenvalue weighted by Gasteiger charge is 2.18. The Morgan fingerprint density at radius 2 is 1.67 bits per heavy atom. The van der Waals surface area contributed by atoms with E-state index in [1.807, 2.05) is 0 Å². The van der Waals surface area contributed by atoms with Gasteiger partial charge in [0.25, 0.3) is 0 Å². The van der Waals surface area contributed by atoms with Crippen LogP contribution in [0.15, 0.2) is 40.9 Å². The number of halogens is 1. The lowest BCUT2D eigenvalue weighted by Crippen LogP contribution is -2.24. The summed E-state index contributed by atoms with van der Waals surface area (Å²) in [6.07, 6.45) is 1.14. The predicted octanol–water partition coefficient (Wildman–Crippen LogP) is 5.46. The zero-order valence-electron chi connectivity index (χ0n) is 13.3. The lowest BCUT2D eigenvalue weighted by atomic mass is 9.91. The number of benzene rings is 2. The molecule has 1 atom stereocenters. The molecule has 112 valence electrons. The van der Waals surface area contributed by atoms with Gasteiger partial charge in [0.2, 0.25) is 0 Å². The third kappa shape index (κ3) is 3.75. The minimum Gasteiger partial charge on any atom is -0.306 e. The van der Waals surface area contributed by atoms with E-state index < -0.39 is 0 Å². The van der Waals surface area contributed by atoms with Gasteiger partial charge in [-0.15, -0.1) is 0 Å². The summed E-state index contributed by atoms with van der Waals surface area (Å²) < 4.78 is 1.18. The van der Waals surface area contributed by atoms with Crippen molar-refractivity contribution in [3.8, 4) is 0 Å². The maximum absolute atomic E-state index is 3.72. The third-order valence-electron chi connectivity index (χ3n) is 3.96. The van der Waals surface area contributed by atoms with Crippen molar-refractivity contribution in [1.29, 1.82) is 0 Å². The first-order valence-corrected chi connectivity index (χ1v) is 8.39. The fourth-order valence-electron chi connectivity index (χ4n) is 2.70. The summed E-state index contributed by atoms with van der Waals surface area (Å²) in [5.41, 5.74) is 6.69. The molecule has 0 radical (unpaired) electrons. The van der Waals surface area contributed by atoms with Crippen molar-refractivity contribution in [1.82, 2.24) is 5.32 Å². The quantitative estimate of drug-likeness (QED) is 0.758. The molecule has 2 heteroatoms. The van der Waals surface area contributed by atoms with Crippen molar-refractivity contribution < 1.29 is 0 Å². The number of rotatable bonds is 5. The summed E-state index contributed by atoms with van der Waals surface area (Å²) in [5, 5.41) is 3.72. The zero-order valence-corrected chi connectivity index (χ0v) is 14.9. The topological polar surface area (TPSA) is 12.0 Å². The number of aryl methyl sites for hydroxylation is 3. The van der Waals surface area contributed by atoms with E-state index in [1.165, 1.54) is 32.3 Å². The summed E-state index contributed by atoms with van der Waals surface area (Å²) in [7, 11) is 0. The van der Waals surface area contributed by atoms with Gasteiger partial charge >= 0.3 is 0 Å². The van der Waals surface area contributed by atoms with Gasteiger partial charge in [0.05, 0.1) is 6.04 Å². The average Bonchev–Trinajstić information content (AvgIpc) is 2.46. The van der Waals surface area contributed by atoms with Crippen molar-refractivity contribution in [2.75, 3.05) is 6.54 Å². The van der Waals surface area contributed by atoms with Crippen LogP contribution >= 0.6 is 15.9 Å². The van der Waals surface area contributed by atoms with Crippen LogP contribution < -0.4 is 5.32 Å². The molecule has 21 heavy (non-hydrogen) atoms. The Kier molecular flexibility index (Phi) is 5.60. The second-order valence-electron chi connectivity index (χ2n) is 5.70. The molecular formula is C19H24BrN. The molecule has 0 saturated heterocycles.